The van der Waals surface area contributed by atoms with Crippen LogP contribution in [0.15, 0.2) is 0 Å². The molecule has 0 bridgehead atoms. The Balaban J connectivity index is -0.0000000483. The number of nitrogens with two attached hydrogens (primary N) is 1. The van der Waals surface area contributed by atoms with E-state index >= 15 is 0 Å². The molecule has 3 nitrogen and oxygen atoms in total. The molecule has 0 rings (SSSR count). The third kappa shape index (κ3) is 356. The normalized spacial score (nSPS) is 5.00. The Morgan fingerprint density at radius 3 is 1.12 bits per heavy atom. The molecule has 4 N–H and O–H groups in total. The fourth-order valence-electron chi connectivity index (χ4n) is 0. The molecule has 0 saturated heterocycles. The van der Waals surface area contributed by atoms with Gasteiger partial charge in [-0.15, -0.1) is 0 Å². The second-order valence-corrected chi connectivity index (χ2v) is 0.632. The van der Waals surface area contributed by atoms with Crippen molar-refractivity contribution in [1.82, 2.24) is 0 Å². The van der Waals surface area contributed by atoms with E-state index in [9.17, 15) is 0 Å². The van der Waals surface area contributed by atoms with Crippen LogP contribution in [0.1, 0.15) is 13.8 Å². The molecule has 0 unspecified atom stereocenters. The summed E-state index contributed by atoms with van der Waals surface area (Å²) >= 11 is 0.667. The van der Waals surface area contributed by atoms with Crippen LogP contribution in [0.2, 0.25) is 0 Å². The minimum absolute atomic E-state index is 0.250. The summed E-state index contributed by atoms with van der Waals surface area (Å²) in [6, 6.07) is 0. The average molecular weight is 313 g/mol. The third-order valence-corrected chi connectivity index (χ3v) is 0. The van der Waals surface area contributed by atoms with E-state index in [-0.39, 0.29) is 13.2 Å². The van der Waals surface area contributed by atoms with E-state index in [1.165, 1.54) is 0 Å². The molecule has 50 valence electrons. The van der Waals surface area contributed by atoms with Gasteiger partial charge in [0.25, 0.3) is 0 Å². The van der Waals surface area contributed by atoms with E-state index in [2.05, 4.69) is 3.54 Å². The first-order chi connectivity index (χ1) is 3.83. The Labute approximate surface area is 67.0 Å². The zero-order chi connectivity index (χ0) is 7.41. The summed E-state index contributed by atoms with van der Waals surface area (Å²) in [7, 11) is 0. The van der Waals surface area contributed by atoms with Gasteiger partial charge in [0.05, 0.1) is 0 Å². The van der Waals surface area contributed by atoms with E-state index < -0.39 is 0 Å². The van der Waals surface area contributed by atoms with Crippen LogP contribution in [0.25, 0.3) is 0 Å². The molecule has 0 aromatic rings. The quantitative estimate of drug-likeness (QED) is 0.504. The molecule has 8 heavy (non-hydrogen) atoms. The molecule has 0 spiro atoms. The molecular formula is C4H14NO2Tl. The molecule has 0 saturated carbocycles. The first kappa shape index (κ1) is 15.9. The van der Waals surface area contributed by atoms with Crippen molar-refractivity contribution < 1.29 is 10.2 Å². The van der Waals surface area contributed by atoms with Crippen LogP contribution in [-0.2, 0) is 0 Å². The van der Waals surface area contributed by atoms with Gasteiger partial charge in [-0.2, -0.15) is 0 Å². The topological polar surface area (TPSA) is 66.5 Å². The van der Waals surface area contributed by atoms with Crippen molar-refractivity contribution in [2.75, 3.05) is 13.2 Å². The minimum atomic E-state index is 0.250. The average Bonchev–Trinajstić information content (AvgIpc) is 1.75. The summed E-state index contributed by atoms with van der Waals surface area (Å²) in [5.41, 5.74) is 0. The van der Waals surface area contributed by atoms with Gasteiger partial charge in [-0.25, -0.2) is 0 Å². The van der Waals surface area contributed by atoms with E-state index in [0.29, 0.717) is 26.1 Å². The van der Waals surface area contributed by atoms with E-state index in [1.54, 1.807) is 13.8 Å². The molecule has 4 heteroatoms. The molecule has 0 fully saturated rings. The first-order valence-corrected chi connectivity index (χ1v) is 4.97. The first-order valence-electron chi connectivity index (χ1n) is 2.38. The van der Waals surface area contributed by atoms with Gasteiger partial charge in [-0.3, -0.25) is 0 Å². The Morgan fingerprint density at radius 2 is 1.12 bits per heavy atom. The van der Waals surface area contributed by atoms with E-state index in [0.717, 1.165) is 0 Å². The Morgan fingerprint density at radius 1 is 1.12 bits per heavy atom. The zero-order valence-electron chi connectivity index (χ0n) is 5.46. The number of hydrogen-bond donors (Lipinski definition) is 3. The van der Waals surface area contributed by atoms with Gasteiger partial charge in [-0.1, -0.05) is 0 Å². The van der Waals surface area contributed by atoms with E-state index in [4.69, 9.17) is 10.2 Å². The number of hydrogen-bond acceptors (Lipinski definition) is 3. The number of aliphatic hydroxyl groups excluding tert-OH is 2. The molecular weight excluding hydrogens is 298 g/mol. The SMILES string of the molecule is CCO.CCO.[NH2][Tl]. The Bertz CT molecular complexity index is 16.0. The molecule has 0 aliphatic rings. The maximum atomic E-state index is 7.57. The van der Waals surface area contributed by atoms with Gasteiger partial charge in [0, 0.05) is 13.2 Å². The van der Waals surface area contributed by atoms with Gasteiger partial charge < -0.3 is 10.2 Å². The Hall–Kier alpha value is 0.802. The van der Waals surface area contributed by atoms with Crippen LogP contribution >= 0.6 is 0 Å². The van der Waals surface area contributed by atoms with Gasteiger partial charge in [-0.05, 0) is 13.8 Å². The van der Waals surface area contributed by atoms with Crippen molar-refractivity contribution in [3.8, 4) is 0 Å². The van der Waals surface area contributed by atoms with Crippen molar-refractivity contribution in [1.29, 1.82) is 0 Å². The third-order valence-electron chi connectivity index (χ3n) is 0. The molecule has 0 radical (unpaired) electrons. The van der Waals surface area contributed by atoms with Gasteiger partial charge in [0.1, 0.15) is 0 Å². The molecule has 0 amide bonds. The summed E-state index contributed by atoms with van der Waals surface area (Å²) < 4.78 is 4.67. The number of rotatable bonds is 0. The standard InChI is InChI=1S/2C2H6O.H2N.Tl/c2*1-2-3;;/h2*3H,2H2,1H3;1H2;/q;;-1;+1. The molecule has 0 heterocycles. The zero-order valence-corrected chi connectivity index (χ0v) is 9.95. The summed E-state index contributed by atoms with van der Waals surface area (Å²) in [5.74, 6) is 0. The van der Waals surface area contributed by atoms with Crippen LogP contribution in [0.5, 0.6) is 0 Å². The van der Waals surface area contributed by atoms with Gasteiger partial charge in [0.15, 0.2) is 0 Å². The Kier molecular flexibility index (Phi) is 91.5. The maximum absolute atomic E-state index is 7.57. The van der Waals surface area contributed by atoms with Gasteiger partial charge in [0.2, 0.25) is 0 Å². The molecule has 0 aliphatic carbocycles. The van der Waals surface area contributed by atoms with Crippen molar-refractivity contribution in [2.24, 2.45) is 3.54 Å². The monoisotopic (exact) mass is 313 g/mol. The number of aliphatic hydroxyl groups is 2. The predicted molar refractivity (Wildman–Crippen MR) is 35.5 cm³/mol. The molecule has 0 aromatic carbocycles. The summed E-state index contributed by atoms with van der Waals surface area (Å²) in [6.45, 7) is 3.86. The van der Waals surface area contributed by atoms with Crippen LogP contribution < -0.4 is 3.54 Å². The van der Waals surface area contributed by atoms with Crippen LogP contribution in [0.4, 0.5) is 0 Å². The van der Waals surface area contributed by atoms with E-state index in [1.807, 2.05) is 0 Å². The van der Waals surface area contributed by atoms with Crippen LogP contribution in [0, 0.1) is 0 Å². The fourth-order valence-corrected chi connectivity index (χ4v) is 0. The van der Waals surface area contributed by atoms with Crippen LogP contribution in [0.3, 0.4) is 0 Å². The van der Waals surface area contributed by atoms with Crippen LogP contribution in [-0.4, -0.2) is 49.5 Å². The van der Waals surface area contributed by atoms with Crippen molar-refractivity contribution in [2.45, 2.75) is 13.8 Å². The summed E-state index contributed by atoms with van der Waals surface area (Å²) in [5, 5.41) is 15.1. The molecule has 0 atom stereocenters. The fraction of sp³-hybridized carbons (Fsp3) is 1.00. The van der Waals surface area contributed by atoms with Gasteiger partial charge >= 0.3 is 29.6 Å². The molecule has 0 aliphatic heterocycles. The predicted octanol–water partition coefficient (Wildman–Crippen LogP) is -0.974. The summed E-state index contributed by atoms with van der Waals surface area (Å²) in [4.78, 5) is 0. The molecule has 0 aromatic heterocycles. The van der Waals surface area contributed by atoms with Crippen molar-refractivity contribution in [3.05, 3.63) is 0 Å². The summed E-state index contributed by atoms with van der Waals surface area (Å²) in [6.07, 6.45) is 0. The van der Waals surface area contributed by atoms with Crippen molar-refractivity contribution >= 4 is 26.1 Å². The second-order valence-electron chi connectivity index (χ2n) is 0.632. The second kappa shape index (κ2) is 46.0. The van der Waals surface area contributed by atoms with Crippen molar-refractivity contribution in [3.63, 3.8) is 0 Å².